The summed E-state index contributed by atoms with van der Waals surface area (Å²) in [5, 5.41) is 8.62. The number of nitrogens with zero attached hydrogens (tertiary/aromatic N) is 2. The van der Waals surface area contributed by atoms with E-state index in [0.717, 1.165) is 39.0 Å². The van der Waals surface area contributed by atoms with Crippen molar-refractivity contribution in [3.05, 3.63) is 48.3 Å². The lowest BCUT2D eigenvalue weighted by Gasteiger charge is -1.98. The van der Waals surface area contributed by atoms with Crippen LogP contribution in [0.2, 0.25) is 0 Å². The molecule has 0 atom stereocenters. The van der Waals surface area contributed by atoms with E-state index in [0.29, 0.717) is 0 Å². The van der Waals surface area contributed by atoms with Gasteiger partial charge in [0.15, 0.2) is 0 Å². The van der Waals surface area contributed by atoms with Crippen molar-refractivity contribution in [2.75, 3.05) is 0 Å². The lowest BCUT2D eigenvalue weighted by Crippen LogP contribution is -1.79. The highest BCUT2D eigenvalue weighted by Crippen LogP contribution is 2.27. The van der Waals surface area contributed by atoms with Crippen molar-refractivity contribution < 1.29 is 0 Å². The Hall–Kier alpha value is -2.62. The summed E-state index contributed by atoms with van der Waals surface area (Å²) in [5.41, 5.74) is 5.15. The quantitative estimate of drug-likeness (QED) is 0.542. The summed E-state index contributed by atoms with van der Waals surface area (Å²) in [4.78, 5) is 7.67. The second-order valence-corrected chi connectivity index (χ2v) is 4.67. The molecule has 0 aliphatic heterocycles. The fraction of sp³-hybridized carbons (Fsp3) is 0.0667. The van der Waals surface area contributed by atoms with Crippen molar-refractivity contribution in [3.63, 3.8) is 0 Å². The Labute approximate surface area is 109 Å². The van der Waals surface area contributed by atoms with Gasteiger partial charge in [0.1, 0.15) is 5.82 Å². The smallest absolute Gasteiger partial charge is 0.104 e. The van der Waals surface area contributed by atoms with Gasteiger partial charge in [-0.1, -0.05) is 24.3 Å². The van der Waals surface area contributed by atoms with E-state index in [1.165, 1.54) is 0 Å². The zero-order chi connectivity index (χ0) is 12.8. The number of imidazole rings is 1. The Morgan fingerprint density at radius 2 is 1.89 bits per heavy atom. The van der Waals surface area contributed by atoms with E-state index in [2.05, 4.69) is 38.4 Å². The van der Waals surface area contributed by atoms with Crippen LogP contribution in [0.5, 0.6) is 0 Å². The third-order valence-corrected chi connectivity index (χ3v) is 3.34. The maximum atomic E-state index is 4.42. The molecule has 0 fully saturated rings. The van der Waals surface area contributed by atoms with E-state index in [4.69, 9.17) is 0 Å². The molecule has 4 nitrogen and oxygen atoms in total. The topological polar surface area (TPSA) is 57.4 Å². The molecule has 0 saturated heterocycles. The molecule has 0 aliphatic carbocycles. The van der Waals surface area contributed by atoms with E-state index >= 15 is 0 Å². The fourth-order valence-corrected chi connectivity index (χ4v) is 2.47. The van der Waals surface area contributed by atoms with Gasteiger partial charge in [0.25, 0.3) is 0 Å². The molecule has 2 aromatic carbocycles. The van der Waals surface area contributed by atoms with Crippen molar-refractivity contribution in [1.82, 2.24) is 20.2 Å². The number of rotatable bonds is 1. The summed E-state index contributed by atoms with van der Waals surface area (Å²) in [7, 11) is 0. The molecular weight excluding hydrogens is 236 g/mol. The Bertz CT molecular complexity index is 885. The summed E-state index contributed by atoms with van der Waals surface area (Å²) in [6, 6.07) is 14.3. The van der Waals surface area contributed by atoms with Crippen LogP contribution >= 0.6 is 0 Å². The second kappa shape index (κ2) is 3.68. The molecule has 0 bridgehead atoms. The molecular formula is C15H12N4. The average molecular weight is 248 g/mol. The van der Waals surface area contributed by atoms with Crippen molar-refractivity contribution in [1.29, 1.82) is 0 Å². The summed E-state index contributed by atoms with van der Waals surface area (Å²) >= 11 is 0. The molecule has 4 rings (SSSR count). The molecule has 2 aromatic heterocycles. The van der Waals surface area contributed by atoms with Gasteiger partial charge in [-0.25, -0.2) is 4.98 Å². The van der Waals surface area contributed by atoms with Crippen LogP contribution in [0.15, 0.2) is 42.5 Å². The number of fused-ring (bicyclic) bond motifs is 2. The van der Waals surface area contributed by atoms with Crippen molar-refractivity contribution in [3.8, 4) is 11.3 Å². The first-order valence-corrected chi connectivity index (χ1v) is 6.21. The van der Waals surface area contributed by atoms with Crippen LogP contribution in [-0.4, -0.2) is 20.2 Å². The standard InChI is InChI=1S/C15H12N4/c1-9-16-13-7-6-10(8-14(13)17-9)15-11-4-2-3-5-12(11)18-19-15/h2-8H,1H3,(H,16,17)(H,18,19). The molecule has 0 unspecified atom stereocenters. The number of aryl methyl sites for hydroxylation is 1. The minimum atomic E-state index is 0.930. The first-order valence-electron chi connectivity index (χ1n) is 6.21. The maximum absolute atomic E-state index is 4.42. The van der Waals surface area contributed by atoms with E-state index in [1.807, 2.05) is 31.2 Å². The van der Waals surface area contributed by atoms with Gasteiger partial charge in [-0.2, -0.15) is 5.10 Å². The minimum absolute atomic E-state index is 0.930. The van der Waals surface area contributed by atoms with Crippen molar-refractivity contribution in [2.24, 2.45) is 0 Å². The number of hydrogen-bond acceptors (Lipinski definition) is 2. The predicted molar refractivity (Wildman–Crippen MR) is 75.9 cm³/mol. The number of aromatic nitrogens is 4. The molecule has 92 valence electrons. The molecule has 4 aromatic rings. The van der Waals surface area contributed by atoms with Gasteiger partial charge in [0, 0.05) is 10.9 Å². The molecule has 2 heterocycles. The minimum Gasteiger partial charge on any atom is -0.342 e. The second-order valence-electron chi connectivity index (χ2n) is 4.67. The lowest BCUT2D eigenvalue weighted by molar-refractivity contribution is 1.12. The molecule has 0 amide bonds. The Balaban J connectivity index is 1.98. The number of aromatic amines is 2. The molecule has 0 aliphatic rings. The number of hydrogen-bond donors (Lipinski definition) is 2. The van der Waals surface area contributed by atoms with Crippen LogP contribution in [0.4, 0.5) is 0 Å². The number of H-pyrrole nitrogens is 2. The molecule has 2 N–H and O–H groups in total. The van der Waals surface area contributed by atoms with Crippen LogP contribution in [0.1, 0.15) is 5.82 Å². The highest BCUT2D eigenvalue weighted by Gasteiger charge is 2.09. The monoisotopic (exact) mass is 248 g/mol. The average Bonchev–Trinajstić information content (AvgIpc) is 2.99. The summed E-state index contributed by atoms with van der Waals surface area (Å²) in [6.45, 7) is 1.96. The third kappa shape index (κ3) is 1.53. The first-order chi connectivity index (χ1) is 9.31. The SMILES string of the molecule is Cc1nc2ccc(-c3n[nH]c4ccccc34)cc2[nH]1. The van der Waals surface area contributed by atoms with E-state index < -0.39 is 0 Å². The predicted octanol–water partition coefficient (Wildman–Crippen LogP) is 3.41. The zero-order valence-corrected chi connectivity index (χ0v) is 10.4. The molecule has 19 heavy (non-hydrogen) atoms. The Morgan fingerprint density at radius 3 is 2.84 bits per heavy atom. The highest BCUT2D eigenvalue weighted by molar-refractivity contribution is 5.94. The van der Waals surface area contributed by atoms with Crippen molar-refractivity contribution >= 4 is 21.9 Å². The number of benzene rings is 2. The normalized spacial score (nSPS) is 11.4. The van der Waals surface area contributed by atoms with Gasteiger partial charge in [-0.3, -0.25) is 5.10 Å². The van der Waals surface area contributed by atoms with E-state index in [9.17, 15) is 0 Å². The molecule has 0 radical (unpaired) electrons. The molecule has 4 heteroatoms. The molecule has 0 spiro atoms. The van der Waals surface area contributed by atoms with Gasteiger partial charge in [-0.05, 0) is 25.1 Å². The van der Waals surface area contributed by atoms with E-state index in [-0.39, 0.29) is 0 Å². The van der Waals surface area contributed by atoms with Crippen LogP contribution in [0.25, 0.3) is 33.2 Å². The zero-order valence-electron chi connectivity index (χ0n) is 10.4. The van der Waals surface area contributed by atoms with Gasteiger partial charge in [0.2, 0.25) is 0 Å². The summed E-state index contributed by atoms with van der Waals surface area (Å²) in [6.07, 6.45) is 0. The Morgan fingerprint density at radius 1 is 1.00 bits per heavy atom. The highest BCUT2D eigenvalue weighted by atomic mass is 15.1. The molecule has 0 saturated carbocycles. The van der Waals surface area contributed by atoms with Crippen LogP contribution in [0.3, 0.4) is 0 Å². The Kier molecular flexibility index (Phi) is 2.00. The van der Waals surface area contributed by atoms with Crippen molar-refractivity contribution in [2.45, 2.75) is 6.92 Å². The van der Waals surface area contributed by atoms with Crippen LogP contribution in [0, 0.1) is 6.92 Å². The van der Waals surface area contributed by atoms with Gasteiger partial charge in [0.05, 0.1) is 22.2 Å². The largest absolute Gasteiger partial charge is 0.342 e. The number of nitrogens with one attached hydrogen (secondary N) is 2. The number of para-hydroxylation sites is 1. The first kappa shape index (κ1) is 10.3. The maximum Gasteiger partial charge on any atom is 0.104 e. The lowest BCUT2D eigenvalue weighted by atomic mass is 10.1. The van der Waals surface area contributed by atoms with Gasteiger partial charge >= 0.3 is 0 Å². The van der Waals surface area contributed by atoms with Gasteiger partial charge in [-0.15, -0.1) is 0 Å². The van der Waals surface area contributed by atoms with Crippen LogP contribution in [-0.2, 0) is 0 Å². The van der Waals surface area contributed by atoms with Crippen LogP contribution < -0.4 is 0 Å². The summed E-state index contributed by atoms with van der Waals surface area (Å²) < 4.78 is 0. The summed E-state index contributed by atoms with van der Waals surface area (Å²) in [5.74, 6) is 0.930. The fourth-order valence-electron chi connectivity index (χ4n) is 2.47. The van der Waals surface area contributed by atoms with E-state index in [1.54, 1.807) is 0 Å². The third-order valence-electron chi connectivity index (χ3n) is 3.34. The van der Waals surface area contributed by atoms with Gasteiger partial charge < -0.3 is 4.98 Å².